The minimum atomic E-state index is -3.88. The van der Waals surface area contributed by atoms with Crippen molar-refractivity contribution in [2.24, 2.45) is 0 Å². The third kappa shape index (κ3) is 5.79. The number of benzene rings is 1. The predicted octanol–water partition coefficient (Wildman–Crippen LogP) is 0.756. The van der Waals surface area contributed by atoms with Gasteiger partial charge in [0.25, 0.3) is 0 Å². The number of hydrogen-bond acceptors (Lipinski definition) is 6. The van der Waals surface area contributed by atoms with E-state index in [0.717, 1.165) is 6.07 Å². The zero-order valence-corrected chi connectivity index (χ0v) is 14.1. The van der Waals surface area contributed by atoms with Gasteiger partial charge in [0.1, 0.15) is 4.90 Å². The number of rotatable bonds is 10. The van der Waals surface area contributed by atoms with E-state index in [4.69, 9.17) is 14.6 Å². The van der Waals surface area contributed by atoms with E-state index in [2.05, 4.69) is 10.0 Å². The second kappa shape index (κ2) is 8.82. The fourth-order valence-electron chi connectivity index (χ4n) is 1.91. The molecule has 9 heteroatoms. The number of methoxy groups -OCH3 is 2. The molecule has 0 saturated heterocycles. The van der Waals surface area contributed by atoms with Crippen molar-refractivity contribution in [3.8, 4) is 0 Å². The molecule has 3 N–H and O–H groups in total. The van der Waals surface area contributed by atoms with Gasteiger partial charge in [0.2, 0.25) is 10.0 Å². The van der Waals surface area contributed by atoms with Gasteiger partial charge >= 0.3 is 5.97 Å². The highest BCUT2D eigenvalue weighted by Crippen LogP contribution is 2.23. The lowest BCUT2D eigenvalue weighted by molar-refractivity contribution is 0.0696. The Morgan fingerprint density at radius 3 is 2.57 bits per heavy atom. The Morgan fingerprint density at radius 2 is 2.00 bits per heavy atom. The summed E-state index contributed by atoms with van der Waals surface area (Å²) in [6.07, 6.45) is 0. The molecule has 0 saturated carbocycles. The first kappa shape index (κ1) is 19.4. The van der Waals surface area contributed by atoms with E-state index in [1.54, 1.807) is 0 Å². The van der Waals surface area contributed by atoms with Gasteiger partial charge < -0.3 is 19.9 Å². The summed E-state index contributed by atoms with van der Waals surface area (Å²) in [5.74, 6) is -1.20. The maximum atomic E-state index is 12.4. The van der Waals surface area contributed by atoms with Gasteiger partial charge in [-0.3, -0.25) is 0 Å². The van der Waals surface area contributed by atoms with Crippen LogP contribution < -0.4 is 10.0 Å². The number of carbonyl (C=O) groups is 1. The van der Waals surface area contributed by atoms with Crippen LogP contribution in [0.1, 0.15) is 17.3 Å². The number of aromatic carboxylic acids is 1. The summed E-state index contributed by atoms with van der Waals surface area (Å²) in [5, 5.41) is 12.1. The molecule has 0 aliphatic rings. The van der Waals surface area contributed by atoms with Gasteiger partial charge in [0.05, 0.1) is 24.5 Å². The van der Waals surface area contributed by atoms with Crippen molar-refractivity contribution in [1.29, 1.82) is 0 Å². The van der Waals surface area contributed by atoms with Gasteiger partial charge in [-0.05, 0) is 25.1 Å². The number of nitrogens with one attached hydrogen (secondary N) is 2. The molecule has 0 fully saturated rings. The Bertz CT molecular complexity index is 632. The molecular weight excluding hydrogens is 324 g/mol. The van der Waals surface area contributed by atoms with Crippen LogP contribution in [0.25, 0.3) is 0 Å². The number of anilines is 1. The zero-order valence-electron chi connectivity index (χ0n) is 13.3. The molecule has 0 aliphatic carbocycles. The van der Waals surface area contributed by atoms with Crippen molar-refractivity contribution >= 4 is 21.7 Å². The molecule has 1 aromatic rings. The number of carboxylic acids is 1. The topological polar surface area (TPSA) is 114 Å². The molecule has 0 radical (unpaired) electrons. The molecule has 1 aromatic carbocycles. The van der Waals surface area contributed by atoms with Crippen LogP contribution in [0.4, 0.5) is 5.69 Å². The second-order valence-corrected chi connectivity index (χ2v) is 6.64. The largest absolute Gasteiger partial charge is 0.478 e. The Kier molecular flexibility index (Phi) is 7.43. The van der Waals surface area contributed by atoms with E-state index in [1.807, 2.05) is 6.92 Å². The normalized spacial score (nSPS) is 12.8. The molecule has 8 nitrogen and oxygen atoms in total. The number of sulfonamides is 1. The molecule has 0 amide bonds. The molecule has 0 unspecified atom stereocenters. The van der Waals surface area contributed by atoms with Gasteiger partial charge in [0, 0.05) is 26.8 Å². The van der Waals surface area contributed by atoms with Crippen molar-refractivity contribution in [2.45, 2.75) is 17.9 Å². The summed E-state index contributed by atoms with van der Waals surface area (Å²) in [6, 6.07) is 3.75. The summed E-state index contributed by atoms with van der Waals surface area (Å²) in [4.78, 5) is 11.0. The van der Waals surface area contributed by atoms with E-state index in [9.17, 15) is 13.2 Å². The van der Waals surface area contributed by atoms with Crippen LogP contribution in [-0.4, -0.2) is 59.5 Å². The SMILES string of the molecule is COCCNS(=O)(=O)c1cc(C(=O)O)ccc1N[C@H](C)COC. The van der Waals surface area contributed by atoms with Gasteiger partial charge in [-0.2, -0.15) is 0 Å². The monoisotopic (exact) mass is 346 g/mol. The quantitative estimate of drug-likeness (QED) is 0.536. The summed E-state index contributed by atoms with van der Waals surface area (Å²) < 4.78 is 37.0. The van der Waals surface area contributed by atoms with Gasteiger partial charge in [0.15, 0.2) is 0 Å². The van der Waals surface area contributed by atoms with Gasteiger partial charge in [-0.15, -0.1) is 0 Å². The zero-order chi connectivity index (χ0) is 17.5. The van der Waals surface area contributed by atoms with Crippen molar-refractivity contribution in [1.82, 2.24) is 4.72 Å². The minimum absolute atomic E-state index is 0.0865. The van der Waals surface area contributed by atoms with Crippen LogP contribution in [0.5, 0.6) is 0 Å². The van der Waals surface area contributed by atoms with Crippen molar-refractivity contribution < 1.29 is 27.8 Å². The maximum Gasteiger partial charge on any atom is 0.335 e. The third-order valence-electron chi connectivity index (χ3n) is 2.93. The molecule has 1 rings (SSSR count). The fraction of sp³-hybridized carbons (Fsp3) is 0.500. The Hall–Kier alpha value is -1.68. The van der Waals surface area contributed by atoms with Crippen LogP contribution in [-0.2, 0) is 19.5 Å². The average Bonchev–Trinajstić information content (AvgIpc) is 2.47. The van der Waals surface area contributed by atoms with Crippen LogP contribution in [0.3, 0.4) is 0 Å². The van der Waals surface area contributed by atoms with Crippen molar-refractivity contribution in [2.75, 3.05) is 39.3 Å². The molecule has 1 atom stereocenters. The van der Waals surface area contributed by atoms with E-state index < -0.39 is 16.0 Å². The van der Waals surface area contributed by atoms with E-state index >= 15 is 0 Å². The molecule has 0 aliphatic heterocycles. The smallest absolute Gasteiger partial charge is 0.335 e. The molecule has 0 aromatic heterocycles. The Morgan fingerprint density at radius 1 is 1.30 bits per heavy atom. The van der Waals surface area contributed by atoms with Crippen LogP contribution in [0.2, 0.25) is 0 Å². The average molecular weight is 346 g/mol. The number of carboxylic acid groups (broad SMARTS) is 1. The highest BCUT2D eigenvalue weighted by molar-refractivity contribution is 7.89. The maximum absolute atomic E-state index is 12.4. The van der Waals surface area contributed by atoms with E-state index in [1.165, 1.54) is 26.4 Å². The first-order valence-corrected chi connectivity index (χ1v) is 8.41. The van der Waals surface area contributed by atoms with Crippen LogP contribution in [0.15, 0.2) is 23.1 Å². The molecule has 130 valence electrons. The molecular formula is C14H22N2O6S. The standard InChI is InChI=1S/C14H22N2O6S/c1-10(9-22-3)16-12-5-4-11(14(17)18)8-13(12)23(19,20)15-6-7-21-2/h4-5,8,10,15-16H,6-7,9H2,1-3H3,(H,17,18)/t10-/m1/s1. The summed E-state index contributed by atoms with van der Waals surface area (Å²) in [7, 11) is -0.882. The lowest BCUT2D eigenvalue weighted by Gasteiger charge is -2.18. The van der Waals surface area contributed by atoms with Crippen LogP contribution in [0, 0.1) is 0 Å². The fourth-order valence-corrected chi connectivity index (χ4v) is 3.12. The lowest BCUT2D eigenvalue weighted by atomic mass is 10.2. The summed E-state index contributed by atoms with van der Waals surface area (Å²) in [5.41, 5.74) is 0.200. The van der Waals surface area contributed by atoms with Crippen molar-refractivity contribution in [3.05, 3.63) is 23.8 Å². The highest BCUT2D eigenvalue weighted by atomic mass is 32.2. The number of ether oxygens (including phenoxy) is 2. The molecule has 0 spiro atoms. The molecule has 0 bridgehead atoms. The van der Waals surface area contributed by atoms with E-state index in [-0.39, 0.29) is 29.7 Å². The Balaban J connectivity index is 3.17. The summed E-state index contributed by atoms with van der Waals surface area (Å²) in [6.45, 7) is 2.49. The first-order valence-electron chi connectivity index (χ1n) is 6.93. The minimum Gasteiger partial charge on any atom is -0.478 e. The van der Waals surface area contributed by atoms with Crippen LogP contribution >= 0.6 is 0 Å². The highest BCUT2D eigenvalue weighted by Gasteiger charge is 2.21. The van der Waals surface area contributed by atoms with Gasteiger partial charge in [-0.25, -0.2) is 17.9 Å². The molecule has 0 heterocycles. The lowest BCUT2D eigenvalue weighted by Crippen LogP contribution is -2.29. The second-order valence-electron chi connectivity index (χ2n) is 4.91. The molecule has 23 heavy (non-hydrogen) atoms. The summed E-state index contributed by atoms with van der Waals surface area (Å²) >= 11 is 0. The van der Waals surface area contributed by atoms with E-state index in [0.29, 0.717) is 12.3 Å². The first-order chi connectivity index (χ1) is 10.8. The Labute approximate surface area is 135 Å². The van der Waals surface area contributed by atoms with Crippen molar-refractivity contribution in [3.63, 3.8) is 0 Å². The van der Waals surface area contributed by atoms with Gasteiger partial charge in [-0.1, -0.05) is 0 Å². The third-order valence-corrected chi connectivity index (χ3v) is 4.44. The number of hydrogen-bond donors (Lipinski definition) is 3. The predicted molar refractivity (Wildman–Crippen MR) is 85.4 cm³/mol.